The van der Waals surface area contributed by atoms with E-state index in [4.69, 9.17) is 5.26 Å². The van der Waals surface area contributed by atoms with E-state index in [0.29, 0.717) is 6.42 Å². The first-order valence-electron chi connectivity index (χ1n) is 3.24. The first kappa shape index (κ1) is 7.85. The minimum Gasteiger partial charge on any atom is -0.197 e. The third-order valence-corrected chi connectivity index (χ3v) is 1.99. The van der Waals surface area contributed by atoms with Gasteiger partial charge in [0.25, 0.3) is 0 Å². The van der Waals surface area contributed by atoms with Gasteiger partial charge in [0, 0.05) is 15.8 Å². The zero-order chi connectivity index (χ0) is 8.10. The molecule has 0 aromatic carbocycles. The Hall–Kier alpha value is -1.25. The van der Waals surface area contributed by atoms with Gasteiger partial charge in [-0.25, -0.2) is 0 Å². The van der Waals surface area contributed by atoms with E-state index in [9.17, 15) is 0 Å². The highest BCUT2D eigenvalue weighted by atomic mass is 32.1. The van der Waals surface area contributed by atoms with Crippen LogP contribution in [0.5, 0.6) is 0 Å². The molecule has 0 spiro atoms. The Bertz CT molecular complexity index is 332. The fraction of sp³-hybridized carbons (Fsp3) is 0.222. The molecule has 0 aliphatic rings. The summed E-state index contributed by atoms with van der Waals surface area (Å²) in [6.45, 7) is 2.04. The second-order valence-electron chi connectivity index (χ2n) is 2.08. The van der Waals surface area contributed by atoms with Gasteiger partial charge in [-0.15, -0.1) is 11.3 Å². The second kappa shape index (κ2) is 3.81. The highest BCUT2D eigenvalue weighted by molar-refractivity contribution is 7.10. The molecule has 0 amide bonds. The summed E-state index contributed by atoms with van der Waals surface area (Å²) >= 11 is 1.68. The van der Waals surface area contributed by atoms with Gasteiger partial charge in [0.2, 0.25) is 0 Å². The first-order chi connectivity index (χ1) is 5.33. The normalized spacial score (nSPS) is 8.00. The molecule has 0 saturated heterocycles. The highest BCUT2D eigenvalue weighted by Crippen LogP contribution is 2.11. The Labute approximate surface area is 70.3 Å². The molecule has 0 aliphatic heterocycles. The van der Waals surface area contributed by atoms with Crippen molar-refractivity contribution in [2.75, 3.05) is 0 Å². The van der Waals surface area contributed by atoms with E-state index in [1.165, 1.54) is 4.88 Å². The number of thiophene rings is 1. The lowest BCUT2D eigenvalue weighted by Gasteiger charge is -1.73. The number of nitrogens with zero attached hydrogens (tertiary/aromatic N) is 1. The summed E-state index contributed by atoms with van der Waals surface area (Å²) in [7, 11) is 0. The Morgan fingerprint density at radius 2 is 2.45 bits per heavy atom. The maximum absolute atomic E-state index is 8.20. The van der Waals surface area contributed by atoms with Crippen molar-refractivity contribution in [2.24, 2.45) is 0 Å². The molecule has 0 radical (unpaired) electrons. The van der Waals surface area contributed by atoms with Crippen LogP contribution in [0.25, 0.3) is 0 Å². The molecule has 0 saturated carbocycles. The Morgan fingerprint density at radius 3 is 3.00 bits per heavy atom. The molecule has 0 fully saturated rings. The van der Waals surface area contributed by atoms with Crippen LogP contribution in [0.3, 0.4) is 0 Å². The zero-order valence-corrected chi connectivity index (χ0v) is 7.03. The number of hydrogen-bond acceptors (Lipinski definition) is 2. The van der Waals surface area contributed by atoms with Crippen LogP contribution in [0.2, 0.25) is 0 Å². The molecule has 0 bridgehead atoms. The van der Waals surface area contributed by atoms with Gasteiger partial charge >= 0.3 is 0 Å². The van der Waals surface area contributed by atoms with Crippen molar-refractivity contribution in [3.8, 4) is 17.9 Å². The van der Waals surface area contributed by atoms with E-state index in [1.54, 1.807) is 11.3 Å². The molecule has 0 unspecified atom stereocenters. The third kappa shape index (κ3) is 2.45. The minimum atomic E-state index is 0.314. The Kier molecular flexibility index (Phi) is 2.72. The smallest absolute Gasteiger partial charge is 0.0966 e. The number of rotatable bonds is 0. The molecule has 0 aliphatic carbocycles. The summed E-state index contributed by atoms with van der Waals surface area (Å²) < 4.78 is 0. The van der Waals surface area contributed by atoms with Gasteiger partial charge in [-0.3, -0.25) is 0 Å². The Morgan fingerprint density at radius 1 is 1.64 bits per heavy atom. The standard InChI is InChI=1S/C9H7NS/c1-8-6-9(7-11-8)4-2-3-5-10/h6-7H,3H2,1H3. The molecule has 1 aromatic rings. The average Bonchev–Trinajstić information content (AvgIpc) is 2.37. The van der Waals surface area contributed by atoms with Crippen molar-refractivity contribution in [1.82, 2.24) is 0 Å². The maximum Gasteiger partial charge on any atom is 0.0966 e. The summed E-state index contributed by atoms with van der Waals surface area (Å²) in [5.41, 5.74) is 1.02. The monoisotopic (exact) mass is 161 g/mol. The van der Waals surface area contributed by atoms with Gasteiger partial charge in [-0.05, 0) is 13.0 Å². The van der Waals surface area contributed by atoms with Crippen molar-refractivity contribution in [3.63, 3.8) is 0 Å². The van der Waals surface area contributed by atoms with E-state index >= 15 is 0 Å². The first-order valence-corrected chi connectivity index (χ1v) is 4.12. The van der Waals surface area contributed by atoms with Crippen LogP contribution >= 0.6 is 11.3 Å². The van der Waals surface area contributed by atoms with Gasteiger partial charge in [-0.2, -0.15) is 5.26 Å². The van der Waals surface area contributed by atoms with Crippen LogP contribution in [0, 0.1) is 30.1 Å². The van der Waals surface area contributed by atoms with Crippen LogP contribution in [0.1, 0.15) is 16.9 Å². The quantitative estimate of drug-likeness (QED) is 0.536. The number of hydrogen-bond donors (Lipinski definition) is 0. The summed E-state index contributed by atoms with van der Waals surface area (Å²) in [5.74, 6) is 5.66. The van der Waals surface area contributed by atoms with E-state index in [0.717, 1.165) is 5.56 Å². The molecule has 2 heteroatoms. The Balaban J connectivity index is 2.68. The van der Waals surface area contributed by atoms with Crippen LogP contribution in [0.4, 0.5) is 0 Å². The van der Waals surface area contributed by atoms with Crippen LogP contribution in [-0.2, 0) is 0 Å². The van der Waals surface area contributed by atoms with Crippen molar-refractivity contribution in [1.29, 1.82) is 5.26 Å². The van der Waals surface area contributed by atoms with Gasteiger partial charge in [0.1, 0.15) is 0 Å². The SMILES string of the molecule is Cc1cc(C#CCC#N)cs1. The average molecular weight is 161 g/mol. The minimum absolute atomic E-state index is 0.314. The van der Waals surface area contributed by atoms with Crippen molar-refractivity contribution in [3.05, 3.63) is 21.9 Å². The zero-order valence-electron chi connectivity index (χ0n) is 6.22. The second-order valence-corrected chi connectivity index (χ2v) is 3.20. The molecule has 1 heterocycles. The lowest BCUT2D eigenvalue weighted by molar-refractivity contribution is 1.40. The topological polar surface area (TPSA) is 23.8 Å². The summed E-state index contributed by atoms with van der Waals surface area (Å²) in [5, 5.41) is 10.2. The molecular weight excluding hydrogens is 154 g/mol. The molecule has 54 valence electrons. The van der Waals surface area contributed by atoms with Gasteiger partial charge in [-0.1, -0.05) is 11.8 Å². The molecule has 1 nitrogen and oxygen atoms in total. The fourth-order valence-corrected chi connectivity index (χ4v) is 1.33. The van der Waals surface area contributed by atoms with Crippen LogP contribution in [-0.4, -0.2) is 0 Å². The van der Waals surface area contributed by atoms with E-state index in [-0.39, 0.29) is 0 Å². The molecule has 0 N–H and O–H groups in total. The third-order valence-electron chi connectivity index (χ3n) is 1.13. The van der Waals surface area contributed by atoms with E-state index in [2.05, 4.69) is 11.8 Å². The van der Waals surface area contributed by atoms with Crippen LogP contribution in [0.15, 0.2) is 11.4 Å². The van der Waals surface area contributed by atoms with Gasteiger partial charge in [0.05, 0.1) is 12.5 Å². The van der Waals surface area contributed by atoms with Gasteiger partial charge < -0.3 is 0 Å². The maximum atomic E-state index is 8.20. The highest BCUT2D eigenvalue weighted by Gasteiger charge is 1.88. The lowest BCUT2D eigenvalue weighted by Crippen LogP contribution is -1.63. The summed E-state index contributed by atoms with van der Waals surface area (Å²) in [6.07, 6.45) is 0.314. The molecular formula is C9H7NS. The number of aryl methyl sites for hydroxylation is 1. The summed E-state index contributed by atoms with van der Waals surface area (Å²) in [4.78, 5) is 1.26. The van der Waals surface area contributed by atoms with E-state index in [1.807, 2.05) is 24.4 Å². The predicted molar refractivity (Wildman–Crippen MR) is 46.2 cm³/mol. The fourth-order valence-electron chi connectivity index (χ4n) is 0.695. The van der Waals surface area contributed by atoms with Crippen molar-refractivity contribution >= 4 is 11.3 Å². The van der Waals surface area contributed by atoms with E-state index < -0.39 is 0 Å². The molecule has 11 heavy (non-hydrogen) atoms. The summed E-state index contributed by atoms with van der Waals surface area (Å²) in [6, 6.07) is 4.00. The predicted octanol–water partition coefficient (Wildman–Crippen LogP) is 2.32. The molecule has 0 atom stereocenters. The van der Waals surface area contributed by atoms with Crippen molar-refractivity contribution in [2.45, 2.75) is 13.3 Å². The lowest BCUT2D eigenvalue weighted by atomic mass is 10.3. The molecule has 1 rings (SSSR count). The van der Waals surface area contributed by atoms with Gasteiger partial charge in [0.15, 0.2) is 0 Å². The van der Waals surface area contributed by atoms with Crippen LogP contribution < -0.4 is 0 Å². The molecule has 1 aromatic heterocycles. The van der Waals surface area contributed by atoms with Crippen molar-refractivity contribution < 1.29 is 0 Å². The largest absolute Gasteiger partial charge is 0.197 e. The number of nitriles is 1.